The van der Waals surface area contributed by atoms with Crippen LogP contribution in [0.1, 0.15) is 41.9 Å². The van der Waals surface area contributed by atoms with Gasteiger partial charge in [0.25, 0.3) is 0 Å². The molecule has 0 heterocycles. The zero-order valence-electron chi connectivity index (χ0n) is 15.1. The molecule has 0 spiro atoms. The molecule has 27 heavy (non-hydrogen) atoms. The summed E-state index contributed by atoms with van der Waals surface area (Å²) in [5.41, 5.74) is 3.69. The fourth-order valence-electron chi connectivity index (χ4n) is 3.42. The molecule has 0 aliphatic heterocycles. The molecule has 0 aromatic heterocycles. The van der Waals surface area contributed by atoms with Gasteiger partial charge < -0.3 is 4.18 Å². The molecule has 0 amide bonds. The van der Waals surface area contributed by atoms with Gasteiger partial charge in [-0.3, -0.25) is 4.79 Å². The van der Waals surface area contributed by atoms with Gasteiger partial charge in [0.1, 0.15) is 0 Å². The highest BCUT2D eigenvalue weighted by molar-refractivity contribution is 7.95. The van der Waals surface area contributed by atoms with Crippen LogP contribution >= 0.6 is 12.0 Å². The summed E-state index contributed by atoms with van der Waals surface area (Å²) in [4.78, 5) is 13.0. The Morgan fingerprint density at radius 2 is 1.41 bits per heavy atom. The van der Waals surface area contributed by atoms with Gasteiger partial charge in [0.05, 0.1) is 18.0 Å². The lowest BCUT2D eigenvalue weighted by molar-refractivity contribution is -0.140. The van der Waals surface area contributed by atoms with E-state index in [4.69, 9.17) is 4.18 Å². The Balaban J connectivity index is 1.59. The largest absolute Gasteiger partial charge is 0.386 e. The summed E-state index contributed by atoms with van der Waals surface area (Å²) in [6.07, 6.45) is 3.06. The quantitative estimate of drug-likeness (QED) is 0.378. The van der Waals surface area contributed by atoms with Crippen LogP contribution < -0.4 is 0 Å². The predicted octanol–water partition coefficient (Wildman–Crippen LogP) is 6.22. The average Bonchev–Trinajstić information content (AvgIpc) is 2.67. The van der Waals surface area contributed by atoms with E-state index in [9.17, 15) is 4.79 Å². The van der Waals surface area contributed by atoms with E-state index in [1.807, 2.05) is 24.3 Å². The van der Waals surface area contributed by atoms with Gasteiger partial charge in [0.15, 0.2) is 0 Å². The van der Waals surface area contributed by atoms with E-state index in [1.54, 1.807) is 0 Å². The second kappa shape index (κ2) is 8.45. The van der Waals surface area contributed by atoms with Gasteiger partial charge >= 0.3 is 5.97 Å². The van der Waals surface area contributed by atoms with Crippen molar-refractivity contribution in [2.75, 3.05) is 0 Å². The zero-order chi connectivity index (χ0) is 18.5. The van der Waals surface area contributed by atoms with Crippen LogP contribution in [0, 0.1) is 5.92 Å². The molecule has 2 nitrogen and oxygen atoms in total. The minimum absolute atomic E-state index is 0.0840. The van der Waals surface area contributed by atoms with Gasteiger partial charge in [0, 0.05) is 10.8 Å². The first-order chi connectivity index (χ1) is 13.3. The number of carbonyl (C=O) groups is 1. The lowest BCUT2D eigenvalue weighted by Gasteiger charge is -2.22. The van der Waals surface area contributed by atoms with E-state index in [2.05, 4.69) is 60.7 Å². The molecule has 1 fully saturated rings. The van der Waals surface area contributed by atoms with Gasteiger partial charge in [-0.15, -0.1) is 0 Å². The molecule has 3 aromatic carbocycles. The van der Waals surface area contributed by atoms with E-state index < -0.39 is 0 Å². The van der Waals surface area contributed by atoms with E-state index in [0.29, 0.717) is 0 Å². The Hall–Kier alpha value is -2.52. The summed E-state index contributed by atoms with van der Waals surface area (Å²) in [6.45, 7) is 0. The van der Waals surface area contributed by atoms with E-state index in [-0.39, 0.29) is 17.8 Å². The van der Waals surface area contributed by atoms with Crippen LogP contribution in [-0.2, 0) is 8.98 Å². The molecule has 0 radical (unpaired) electrons. The monoisotopic (exact) mass is 374 g/mol. The number of hydrogen-bond acceptors (Lipinski definition) is 3. The number of carbonyl (C=O) groups excluding carboxylic acids is 1. The van der Waals surface area contributed by atoms with Crippen molar-refractivity contribution in [2.24, 2.45) is 5.92 Å². The van der Waals surface area contributed by atoms with Crippen LogP contribution in [0.3, 0.4) is 0 Å². The minimum atomic E-state index is -0.0840. The Morgan fingerprint density at radius 1 is 0.815 bits per heavy atom. The van der Waals surface area contributed by atoms with Crippen LogP contribution in [0.4, 0.5) is 0 Å². The maximum Gasteiger partial charge on any atom is 0.321 e. The van der Waals surface area contributed by atoms with E-state index >= 15 is 0 Å². The van der Waals surface area contributed by atoms with Crippen LogP contribution in [0.5, 0.6) is 0 Å². The van der Waals surface area contributed by atoms with Gasteiger partial charge in [-0.2, -0.15) is 0 Å². The SMILES string of the molecule is O=C(OSc1cccc(C(c2ccccc2)c2ccccc2)c1)C1CCC1. The molecular formula is C24H22O2S. The molecule has 4 rings (SSSR count). The van der Waals surface area contributed by atoms with Crippen molar-refractivity contribution in [1.82, 2.24) is 0 Å². The van der Waals surface area contributed by atoms with Crippen molar-refractivity contribution in [1.29, 1.82) is 0 Å². The molecule has 3 heteroatoms. The van der Waals surface area contributed by atoms with E-state index in [1.165, 1.54) is 28.7 Å². The normalized spacial score (nSPS) is 14.0. The van der Waals surface area contributed by atoms with Crippen LogP contribution in [0.15, 0.2) is 89.8 Å². The molecule has 0 unspecified atom stereocenters. The summed E-state index contributed by atoms with van der Waals surface area (Å²) in [5.74, 6) is 0.164. The molecule has 0 bridgehead atoms. The highest BCUT2D eigenvalue weighted by Gasteiger charge is 2.27. The molecule has 0 saturated heterocycles. The van der Waals surface area contributed by atoms with Crippen LogP contribution in [0.2, 0.25) is 0 Å². The smallest absolute Gasteiger partial charge is 0.321 e. The predicted molar refractivity (Wildman–Crippen MR) is 110 cm³/mol. The first-order valence-electron chi connectivity index (χ1n) is 9.39. The first-order valence-corrected chi connectivity index (χ1v) is 10.1. The second-order valence-electron chi connectivity index (χ2n) is 6.94. The van der Waals surface area contributed by atoms with Crippen molar-refractivity contribution in [3.05, 3.63) is 102 Å². The number of benzene rings is 3. The van der Waals surface area contributed by atoms with Crippen molar-refractivity contribution in [2.45, 2.75) is 30.1 Å². The van der Waals surface area contributed by atoms with Crippen molar-refractivity contribution in [3.63, 3.8) is 0 Å². The maximum absolute atomic E-state index is 12.0. The van der Waals surface area contributed by atoms with Gasteiger partial charge in [-0.1, -0.05) is 79.2 Å². The lowest BCUT2D eigenvalue weighted by Crippen LogP contribution is -2.22. The summed E-state index contributed by atoms with van der Waals surface area (Å²) >= 11 is 1.18. The molecule has 3 aromatic rings. The fourth-order valence-corrected chi connectivity index (χ4v) is 4.05. The van der Waals surface area contributed by atoms with Crippen LogP contribution in [0.25, 0.3) is 0 Å². The summed E-state index contributed by atoms with van der Waals surface area (Å²) in [5, 5.41) is 0. The molecular weight excluding hydrogens is 352 g/mol. The molecule has 136 valence electrons. The molecule has 1 aliphatic carbocycles. The summed E-state index contributed by atoms with van der Waals surface area (Å²) in [6, 6.07) is 29.3. The average molecular weight is 375 g/mol. The number of rotatable bonds is 6. The topological polar surface area (TPSA) is 26.3 Å². The van der Waals surface area contributed by atoms with Gasteiger partial charge in [-0.25, -0.2) is 0 Å². The third-order valence-electron chi connectivity index (χ3n) is 5.12. The Bertz CT molecular complexity index is 849. The van der Waals surface area contributed by atoms with Gasteiger partial charge in [-0.05, 0) is 41.7 Å². The minimum Gasteiger partial charge on any atom is -0.386 e. The van der Waals surface area contributed by atoms with Crippen molar-refractivity contribution in [3.8, 4) is 0 Å². The fraction of sp³-hybridized carbons (Fsp3) is 0.208. The summed E-state index contributed by atoms with van der Waals surface area (Å²) < 4.78 is 5.46. The number of hydrogen-bond donors (Lipinski definition) is 0. The molecule has 0 N–H and O–H groups in total. The third-order valence-corrected chi connectivity index (χ3v) is 5.81. The third kappa shape index (κ3) is 4.25. The standard InChI is InChI=1S/C24H22O2S/c25-24(20-13-7-14-20)26-27-22-16-8-15-21(17-22)23(18-9-3-1-4-10-18)19-11-5-2-6-12-19/h1-6,8-12,15-17,20,23H,7,13-14H2. The lowest BCUT2D eigenvalue weighted by atomic mass is 9.85. The van der Waals surface area contributed by atoms with Crippen LogP contribution in [-0.4, -0.2) is 5.97 Å². The van der Waals surface area contributed by atoms with E-state index in [0.717, 1.165) is 24.2 Å². The zero-order valence-corrected chi connectivity index (χ0v) is 15.9. The highest BCUT2D eigenvalue weighted by atomic mass is 32.2. The first kappa shape index (κ1) is 17.9. The highest BCUT2D eigenvalue weighted by Crippen LogP contribution is 2.35. The van der Waals surface area contributed by atoms with Crippen molar-refractivity contribution < 1.29 is 8.98 Å². The second-order valence-corrected chi connectivity index (χ2v) is 7.75. The Kier molecular flexibility index (Phi) is 5.59. The Labute approximate surface area is 164 Å². The molecule has 0 atom stereocenters. The Morgan fingerprint density at radius 3 is 1.96 bits per heavy atom. The molecule has 1 aliphatic rings. The van der Waals surface area contributed by atoms with Gasteiger partial charge in [0.2, 0.25) is 0 Å². The summed E-state index contributed by atoms with van der Waals surface area (Å²) in [7, 11) is 0. The van der Waals surface area contributed by atoms with Crippen molar-refractivity contribution >= 4 is 18.0 Å². The maximum atomic E-state index is 12.0. The molecule has 1 saturated carbocycles.